The van der Waals surface area contributed by atoms with Crippen molar-refractivity contribution in [3.05, 3.63) is 0 Å². The van der Waals surface area contributed by atoms with Gasteiger partial charge >= 0.3 is 0 Å². The molecule has 0 saturated carbocycles. The molecule has 3 heteroatoms. The molecule has 0 bridgehead atoms. The van der Waals surface area contributed by atoms with E-state index in [2.05, 4.69) is 25.4 Å². The van der Waals surface area contributed by atoms with E-state index in [1.54, 1.807) is 0 Å². The van der Waals surface area contributed by atoms with Crippen LogP contribution in [0, 0.1) is 5.92 Å². The molecule has 0 amide bonds. The van der Waals surface area contributed by atoms with Crippen LogP contribution in [-0.4, -0.2) is 30.5 Å². The number of nitrogens with one attached hydrogen (secondary N) is 1. The normalized spacial score (nSPS) is 13.6. The third-order valence-corrected chi connectivity index (χ3v) is 2.97. The van der Waals surface area contributed by atoms with Gasteiger partial charge in [0.05, 0.1) is 0 Å². The summed E-state index contributed by atoms with van der Waals surface area (Å²) in [6.07, 6.45) is 4.57. The molecule has 0 heterocycles. The Bertz CT molecular complexity index is 109. The zero-order chi connectivity index (χ0) is 10.1. The van der Waals surface area contributed by atoms with Crippen molar-refractivity contribution in [2.24, 2.45) is 5.92 Å². The van der Waals surface area contributed by atoms with Crippen LogP contribution in [-0.2, 0) is 0 Å². The molecule has 0 radical (unpaired) electrons. The van der Waals surface area contributed by atoms with E-state index in [9.17, 15) is 0 Å². The number of rotatable bonds is 8. The summed E-state index contributed by atoms with van der Waals surface area (Å²) in [5, 5.41) is 3.49. The van der Waals surface area contributed by atoms with E-state index in [0.29, 0.717) is 6.04 Å². The zero-order valence-electron chi connectivity index (χ0n) is 8.98. The van der Waals surface area contributed by atoms with Gasteiger partial charge in [-0.25, -0.2) is 0 Å². The van der Waals surface area contributed by atoms with Crippen LogP contribution < -0.4 is 5.32 Å². The van der Waals surface area contributed by atoms with Crippen LogP contribution in [0.5, 0.6) is 0 Å². The summed E-state index contributed by atoms with van der Waals surface area (Å²) >= 11 is 7.76. The van der Waals surface area contributed by atoms with Gasteiger partial charge in [0.2, 0.25) is 0 Å². The molecular formula is C10H22ClNS. The van der Waals surface area contributed by atoms with Crippen LogP contribution in [0.2, 0.25) is 0 Å². The van der Waals surface area contributed by atoms with Gasteiger partial charge in [-0.2, -0.15) is 11.8 Å². The summed E-state index contributed by atoms with van der Waals surface area (Å²) in [6, 6.07) is 0.503. The van der Waals surface area contributed by atoms with Crippen LogP contribution in [0.25, 0.3) is 0 Å². The average molecular weight is 224 g/mol. The molecule has 0 aliphatic rings. The van der Waals surface area contributed by atoms with Crippen molar-refractivity contribution < 1.29 is 0 Å². The van der Waals surface area contributed by atoms with E-state index >= 15 is 0 Å². The first-order valence-electron chi connectivity index (χ1n) is 4.99. The van der Waals surface area contributed by atoms with E-state index in [-0.39, 0.29) is 0 Å². The molecule has 0 aromatic carbocycles. The fourth-order valence-electron chi connectivity index (χ4n) is 1.29. The lowest BCUT2D eigenvalue weighted by Gasteiger charge is -2.17. The Hall–Kier alpha value is 0.600. The Labute approximate surface area is 92.0 Å². The first-order chi connectivity index (χ1) is 6.20. The highest BCUT2D eigenvalue weighted by molar-refractivity contribution is 7.98. The number of hydrogen-bond donors (Lipinski definition) is 1. The predicted molar refractivity (Wildman–Crippen MR) is 65.0 cm³/mol. The van der Waals surface area contributed by atoms with Crippen molar-refractivity contribution >= 4 is 23.4 Å². The Morgan fingerprint density at radius 2 is 2.08 bits per heavy atom. The van der Waals surface area contributed by atoms with Gasteiger partial charge in [-0.15, -0.1) is 11.6 Å². The van der Waals surface area contributed by atoms with Crippen molar-refractivity contribution in [3.8, 4) is 0 Å². The van der Waals surface area contributed by atoms with E-state index in [1.807, 2.05) is 11.8 Å². The molecule has 13 heavy (non-hydrogen) atoms. The molecule has 1 unspecified atom stereocenters. The van der Waals surface area contributed by atoms with Crippen molar-refractivity contribution in [2.45, 2.75) is 32.7 Å². The maximum atomic E-state index is 5.86. The lowest BCUT2D eigenvalue weighted by Crippen LogP contribution is -2.33. The molecular weight excluding hydrogens is 202 g/mol. The van der Waals surface area contributed by atoms with E-state index in [0.717, 1.165) is 18.3 Å². The minimum atomic E-state index is 0.503. The molecule has 0 aliphatic heterocycles. The molecule has 0 rings (SSSR count). The second kappa shape index (κ2) is 9.17. The molecule has 80 valence electrons. The van der Waals surface area contributed by atoms with Gasteiger partial charge in [0.15, 0.2) is 0 Å². The molecule has 0 aromatic heterocycles. The molecule has 1 N–H and O–H groups in total. The molecule has 0 aromatic rings. The highest BCUT2D eigenvalue weighted by atomic mass is 35.5. The Morgan fingerprint density at radius 3 is 2.54 bits per heavy atom. The van der Waals surface area contributed by atoms with Crippen LogP contribution in [0.4, 0.5) is 0 Å². The first kappa shape index (κ1) is 13.6. The van der Waals surface area contributed by atoms with Crippen molar-refractivity contribution in [1.82, 2.24) is 5.32 Å². The zero-order valence-corrected chi connectivity index (χ0v) is 10.5. The Morgan fingerprint density at radius 1 is 1.38 bits per heavy atom. The third-order valence-electron chi connectivity index (χ3n) is 1.90. The van der Waals surface area contributed by atoms with E-state index in [4.69, 9.17) is 11.6 Å². The SMILES string of the molecule is CSCCCNC(CCl)CC(C)C. The number of halogens is 1. The van der Waals surface area contributed by atoms with Crippen molar-refractivity contribution in [1.29, 1.82) is 0 Å². The first-order valence-corrected chi connectivity index (χ1v) is 6.91. The minimum absolute atomic E-state index is 0.503. The molecule has 1 atom stereocenters. The number of thioether (sulfide) groups is 1. The van der Waals surface area contributed by atoms with Gasteiger partial charge in [0.1, 0.15) is 0 Å². The minimum Gasteiger partial charge on any atom is -0.313 e. The summed E-state index contributed by atoms with van der Waals surface area (Å²) in [7, 11) is 0. The van der Waals surface area contributed by atoms with Crippen LogP contribution in [0.15, 0.2) is 0 Å². The fraction of sp³-hybridized carbons (Fsp3) is 1.00. The van der Waals surface area contributed by atoms with Gasteiger partial charge in [0.25, 0.3) is 0 Å². The second-order valence-electron chi connectivity index (χ2n) is 3.78. The summed E-state index contributed by atoms with van der Waals surface area (Å²) in [4.78, 5) is 0. The van der Waals surface area contributed by atoms with Crippen LogP contribution in [0.3, 0.4) is 0 Å². The maximum absolute atomic E-state index is 5.86. The highest BCUT2D eigenvalue weighted by Crippen LogP contribution is 2.06. The molecule has 0 saturated heterocycles. The monoisotopic (exact) mass is 223 g/mol. The highest BCUT2D eigenvalue weighted by Gasteiger charge is 2.07. The van der Waals surface area contributed by atoms with Gasteiger partial charge in [-0.1, -0.05) is 13.8 Å². The van der Waals surface area contributed by atoms with Crippen molar-refractivity contribution in [2.75, 3.05) is 24.4 Å². The van der Waals surface area contributed by atoms with Gasteiger partial charge < -0.3 is 5.32 Å². The Kier molecular flexibility index (Phi) is 9.59. The summed E-state index contributed by atoms with van der Waals surface area (Å²) in [5.74, 6) is 2.71. The number of alkyl halides is 1. The smallest absolute Gasteiger partial charge is 0.0377 e. The van der Waals surface area contributed by atoms with Gasteiger partial charge in [-0.05, 0) is 37.3 Å². The summed E-state index contributed by atoms with van der Waals surface area (Å²) in [6.45, 7) is 5.58. The molecule has 0 fully saturated rings. The lowest BCUT2D eigenvalue weighted by atomic mass is 10.1. The van der Waals surface area contributed by atoms with Gasteiger partial charge in [0, 0.05) is 11.9 Å². The van der Waals surface area contributed by atoms with E-state index in [1.165, 1.54) is 18.6 Å². The quantitative estimate of drug-likeness (QED) is 0.502. The fourth-order valence-corrected chi connectivity index (χ4v) is 1.96. The van der Waals surface area contributed by atoms with Crippen molar-refractivity contribution in [3.63, 3.8) is 0 Å². The largest absolute Gasteiger partial charge is 0.313 e. The maximum Gasteiger partial charge on any atom is 0.0377 e. The second-order valence-corrected chi connectivity index (χ2v) is 5.08. The number of hydrogen-bond acceptors (Lipinski definition) is 2. The lowest BCUT2D eigenvalue weighted by molar-refractivity contribution is 0.447. The van der Waals surface area contributed by atoms with Crippen LogP contribution in [0.1, 0.15) is 26.7 Å². The standard InChI is InChI=1S/C10H22ClNS/c1-9(2)7-10(8-11)12-5-4-6-13-3/h9-10,12H,4-8H2,1-3H3. The summed E-state index contributed by atoms with van der Waals surface area (Å²) < 4.78 is 0. The average Bonchev–Trinajstić information content (AvgIpc) is 2.09. The molecule has 0 aliphatic carbocycles. The van der Waals surface area contributed by atoms with Crippen LogP contribution >= 0.6 is 23.4 Å². The summed E-state index contributed by atoms with van der Waals surface area (Å²) in [5.41, 5.74) is 0. The topological polar surface area (TPSA) is 12.0 Å². The third kappa shape index (κ3) is 8.92. The molecule has 0 spiro atoms. The predicted octanol–water partition coefficient (Wildman–Crippen LogP) is 2.98. The van der Waals surface area contributed by atoms with Gasteiger partial charge in [-0.3, -0.25) is 0 Å². The Balaban J connectivity index is 3.36. The van der Waals surface area contributed by atoms with E-state index < -0.39 is 0 Å². The molecule has 1 nitrogen and oxygen atoms in total.